The van der Waals surface area contributed by atoms with E-state index < -0.39 is 0 Å². The molecule has 1 aliphatic heterocycles. The Morgan fingerprint density at radius 1 is 1.21 bits per heavy atom. The van der Waals surface area contributed by atoms with Gasteiger partial charge in [-0.15, -0.1) is 0 Å². The molecule has 1 unspecified atom stereocenters. The van der Waals surface area contributed by atoms with E-state index in [9.17, 15) is 4.79 Å². The minimum atomic E-state index is 0.0144. The van der Waals surface area contributed by atoms with Crippen LogP contribution in [0, 0.1) is 6.92 Å². The summed E-state index contributed by atoms with van der Waals surface area (Å²) in [6.45, 7) is 9.68. The van der Waals surface area contributed by atoms with Crippen LogP contribution in [0.15, 0.2) is 42.5 Å². The van der Waals surface area contributed by atoms with Gasteiger partial charge in [-0.2, -0.15) is 0 Å². The van der Waals surface area contributed by atoms with Crippen molar-refractivity contribution in [2.45, 2.75) is 39.2 Å². The average molecular weight is 324 g/mol. The molecule has 0 aromatic heterocycles. The van der Waals surface area contributed by atoms with Gasteiger partial charge < -0.3 is 9.47 Å². The highest BCUT2D eigenvalue weighted by Gasteiger charge is 2.24. The molecule has 0 spiro atoms. The van der Waals surface area contributed by atoms with Crippen molar-refractivity contribution in [1.29, 1.82) is 0 Å². The number of carbonyl (C=O) groups is 1. The van der Waals surface area contributed by atoms with Gasteiger partial charge in [0.15, 0.2) is 5.78 Å². The third-order valence-corrected chi connectivity index (χ3v) is 4.35. The fourth-order valence-corrected chi connectivity index (χ4v) is 2.65. The Kier molecular flexibility index (Phi) is 4.46. The monoisotopic (exact) mass is 324 g/mol. The second-order valence-corrected chi connectivity index (χ2v) is 7.35. The first-order valence-electron chi connectivity index (χ1n) is 8.35. The zero-order valence-corrected chi connectivity index (χ0v) is 14.8. The van der Waals surface area contributed by atoms with Crippen molar-refractivity contribution < 1.29 is 14.3 Å². The number of rotatable bonds is 5. The maximum Gasteiger partial charge on any atom is 0.193 e. The largest absolute Gasteiger partial charge is 0.490 e. The van der Waals surface area contributed by atoms with E-state index in [1.54, 1.807) is 0 Å². The minimum absolute atomic E-state index is 0.0144. The topological polar surface area (TPSA) is 38.8 Å². The summed E-state index contributed by atoms with van der Waals surface area (Å²) in [6, 6.07) is 13.5. The first kappa shape index (κ1) is 16.7. The molecule has 0 amide bonds. The van der Waals surface area contributed by atoms with Crippen LogP contribution >= 0.6 is 0 Å². The van der Waals surface area contributed by atoms with Crippen molar-refractivity contribution >= 4 is 5.78 Å². The second-order valence-electron chi connectivity index (χ2n) is 7.35. The third kappa shape index (κ3) is 3.68. The van der Waals surface area contributed by atoms with E-state index in [0.717, 1.165) is 23.5 Å². The molecule has 1 atom stereocenters. The van der Waals surface area contributed by atoms with Crippen LogP contribution < -0.4 is 4.74 Å². The Morgan fingerprint density at radius 2 is 1.92 bits per heavy atom. The van der Waals surface area contributed by atoms with Crippen LogP contribution in [0.4, 0.5) is 0 Å². The van der Waals surface area contributed by atoms with Crippen LogP contribution in [0.25, 0.3) is 0 Å². The molecule has 1 fully saturated rings. The molecular formula is C21H24O3. The predicted octanol–water partition coefficient (Wildman–Crippen LogP) is 4.30. The molecule has 3 rings (SSSR count). The molecule has 0 aliphatic carbocycles. The van der Waals surface area contributed by atoms with Crippen LogP contribution in [0.2, 0.25) is 0 Å². The fourth-order valence-electron chi connectivity index (χ4n) is 2.65. The van der Waals surface area contributed by atoms with Gasteiger partial charge in [-0.05, 0) is 30.0 Å². The van der Waals surface area contributed by atoms with Crippen LogP contribution in [0.1, 0.15) is 47.8 Å². The predicted molar refractivity (Wildman–Crippen MR) is 95.0 cm³/mol. The smallest absolute Gasteiger partial charge is 0.193 e. The molecule has 126 valence electrons. The molecule has 0 saturated carbocycles. The van der Waals surface area contributed by atoms with Gasteiger partial charge in [-0.1, -0.05) is 51.1 Å². The number of benzene rings is 2. The molecule has 1 saturated heterocycles. The second kappa shape index (κ2) is 6.40. The fraction of sp³-hybridized carbons (Fsp3) is 0.381. The van der Waals surface area contributed by atoms with Crippen molar-refractivity contribution in [3.8, 4) is 5.75 Å². The Labute approximate surface area is 143 Å². The molecule has 1 heterocycles. The standard InChI is InChI=1S/C21H24O3/c1-14-18(9-6-10-19(14)24-13-17-12-23-17)20(22)15-7-5-8-16(11-15)21(2,3)4/h5-11,17H,12-13H2,1-4H3. The Balaban J connectivity index is 1.88. The molecular weight excluding hydrogens is 300 g/mol. The molecule has 24 heavy (non-hydrogen) atoms. The van der Waals surface area contributed by atoms with Gasteiger partial charge in [0, 0.05) is 16.7 Å². The van der Waals surface area contributed by atoms with E-state index in [4.69, 9.17) is 9.47 Å². The SMILES string of the molecule is Cc1c(OCC2CO2)cccc1C(=O)c1cccc(C(C)(C)C)c1. The van der Waals surface area contributed by atoms with Crippen LogP contribution in [-0.2, 0) is 10.2 Å². The van der Waals surface area contributed by atoms with E-state index in [2.05, 4.69) is 26.8 Å². The maximum atomic E-state index is 13.0. The van der Waals surface area contributed by atoms with Crippen LogP contribution in [-0.4, -0.2) is 25.1 Å². The van der Waals surface area contributed by atoms with E-state index in [1.807, 2.05) is 43.3 Å². The van der Waals surface area contributed by atoms with Gasteiger partial charge in [-0.3, -0.25) is 4.79 Å². The third-order valence-electron chi connectivity index (χ3n) is 4.35. The van der Waals surface area contributed by atoms with Gasteiger partial charge in [0.25, 0.3) is 0 Å². The van der Waals surface area contributed by atoms with Gasteiger partial charge in [-0.25, -0.2) is 0 Å². The Hall–Kier alpha value is -2.13. The minimum Gasteiger partial charge on any atom is -0.490 e. The summed E-state index contributed by atoms with van der Waals surface area (Å²) in [5.74, 6) is 0.787. The molecule has 0 bridgehead atoms. The number of ether oxygens (including phenoxy) is 2. The van der Waals surface area contributed by atoms with Crippen molar-refractivity contribution in [3.63, 3.8) is 0 Å². The summed E-state index contributed by atoms with van der Waals surface area (Å²) < 4.78 is 11.0. The normalized spacial score (nSPS) is 16.8. The molecule has 3 nitrogen and oxygen atoms in total. The molecule has 2 aromatic carbocycles. The summed E-state index contributed by atoms with van der Waals surface area (Å²) in [6.07, 6.45) is 0.201. The highest BCUT2D eigenvalue weighted by molar-refractivity contribution is 6.10. The van der Waals surface area contributed by atoms with Crippen molar-refractivity contribution in [2.24, 2.45) is 0 Å². The molecule has 3 heteroatoms. The van der Waals surface area contributed by atoms with E-state index in [1.165, 1.54) is 0 Å². The van der Waals surface area contributed by atoms with Crippen LogP contribution in [0.5, 0.6) is 5.75 Å². The Bertz CT molecular complexity index is 752. The molecule has 0 N–H and O–H groups in total. The Morgan fingerprint density at radius 3 is 2.58 bits per heavy atom. The first-order chi connectivity index (χ1) is 11.4. The summed E-state index contributed by atoms with van der Waals surface area (Å²) in [4.78, 5) is 13.0. The number of ketones is 1. The number of carbonyl (C=O) groups excluding carboxylic acids is 1. The van der Waals surface area contributed by atoms with E-state index in [-0.39, 0.29) is 17.3 Å². The average Bonchev–Trinajstić information content (AvgIpc) is 3.37. The zero-order valence-electron chi connectivity index (χ0n) is 14.8. The summed E-state index contributed by atoms with van der Waals surface area (Å²) in [5.41, 5.74) is 3.46. The van der Waals surface area contributed by atoms with Crippen molar-refractivity contribution in [2.75, 3.05) is 13.2 Å². The number of hydrogen-bond donors (Lipinski definition) is 0. The summed E-state index contributed by atoms with van der Waals surface area (Å²) in [7, 11) is 0. The van der Waals surface area contributed by atoms with E-state index >= 15 is 0 Å². The molecule has 1 aliphatic rings. The lowest BCUT2D eigenvalue weighted by atomic mass is 9.85. The lowest BCUT2D eigenvalue weighted by molar-refractivity contribution is 0.103. The van der Waals surface area contributed by atoms with Crippen molar-refractivity contribution in [3.05, 3.63) is 64.7 Å². The van der Waals surface area contributed by atoms with Gasteiger partial charge in [0.1, 0.15) is 18.5 Å². The lowest BCUT2D eigenvalue weighted by Crippen LogP contribution is -2.13. The quantitative estimate of drug-likeness (QED) is 0.608. The van der Waals surface area contributed by atoms with E-state index in [0.29, 0.717) is 17.7 Å². The van der Waals surface area contributed by atoms with Crippen molar-refractivity contribution in [1.82, 2.24) is 0 Å². The van der Waals surface area contributed by atoms with Gasteiger partial charge in [0.05, 0.1) is 6.61 Å². The van der Waals surface area contributed by atoms with Crippen LogP contribution in [0.3, 0.4) is 0 Å². The lowest BCUT2D eigenvalue weighted by Gasteiger charge is -2.19. The highest BCUT2D eigenvalue weighted by atomic mass is 16.6. The van der Waals surface area contributed by atoms with Gasteiger partial charge >= 0.3 is 0 Å². The van der Waals surface area contributed by atoms with Gasteiger partial charge in [0.2, 0.25) is 0 Å². The number of hydrogen-bond acceptors (Lipinski definition) is 3. The summed E-state index contributed by atoms with van der Waals surface area (Å²) >= 11 is 0. The zero-order chi connectivity index (χ0) is 17.3. The molecule has 0 radical (unpaired) electrons. The maximum absolute atomic E-state index is 13.0. The number of epoxide rings is 1. The highest BCUT2D eigenvalue weighted by Crippen LogP contribution is 2.27. The first-order valence-corrected chi connectivity index (χ1v) is 8.35. The summed E-state index contributed by atoms with van der Waals surface area (Å²) in [5, 5.41) is 0. The molecule has 2 aromatic rings.